The lowest BCUT2D eigenvalue weighted by Crippen LogP contribution is -2.62. The molecular weight excluding hydrogens is 252 g/mol. The fourth-order valence-corrected chi connectivity index (χ4v) is 4.95. The summed E-state index contributed by atoms with van der Waals surface area (Å²) in [6.07, 6.45) is 8.12. The molecule has 4 rings (SSSR count). The molecular formula is C16H26N2O2. The lowest BCUT2D eigenvalue weighted by atomic mass is 9.53. The third kappa shape index (κ3) is 2.57. The van der Waals surface area contributed by atoms with Crippen molar-refractivity contribution < 1.29 is 9.59 Å². The van der Waals surface area contributed by atoms with Gasteiger partial charge in [0.1, 0.15) is 0 Å². The molecule has 2 amide bonds. The Balaban J connectivity index is 1.62. The third-order valence-electron chi connectivity index (χ3n) is 5.61. The van der Waals surface area contributed by atoms with Crippen LogP contribution in [0.15, 0.2) is 0 Å². The smallest absolute Gasteiger partial charge is 0.309 e. The fourth-order valence-electron chi connectivity index (χ4n) is 4.95. The van der Waals surface area contributed by atoms with Gasteiger partial charge in [0.25, 0.3) is 0 Å². The highest BCUT2D eigenvalue weighted by molar-refractivity contribution is 6.35. The minimum atomic E-state index is -0.463. The number of carbonyl (C=O) groups is 2. The molecule has 112 valence electrons. The molecule has 20 heavy (non-hydrogen) atoms. The average molecular weight is 278 g/mol. The molecule has 4 nitrogen and oxygen atoms in total. The Morgan fingerprint density at radius 2 is 1.55 bits per heavy atom. The van der Waals surface area contributed by atoms with Gasteiger partial charge >= 0.3 is 11.8 Å². The van der Waals surface area contributed by atoms with E-state index in [0.29, 0.717) is 0 Å². The van der Waals surface area contributed by atoms with Crippen molar-refractivity contribution in [3.05, 3.63) is 0 Å². The highest BCUT2D eigenvalue weighted by Crippen LogP contribution is 2.55. The zero-order chi connectivity index (χ0) is 14.3. The highest BCUT2D eigenvalue weighted by Gasteiger charge is 2.51. The van der Waals surface area contributed by atoms with Gasteiger partial charge < -0.3 is 10.6 Å². The van der Waals surface area contributed by atoms with Crippen LogP contribution in [0.2, 0.25) is 0 Å². The quantitative estimate of drug-likeness (QED) is 0.776. The molecule has 4 aliphatic carbocycles. The van der Waals surface area contributed by atoms with Crippen LogP contribution in [0.3, 0.4) is 0 Å². The van der Waals surface area contributed by atoms with Crippen LogP contribution in [0, 0.1) is 17.8 Å². The van der Waals surface area contributed by atoms with E-state index in [1.807, 2.05) is 13.8 Å². The number of rotatable bonds is 3. The summed E-state index contributed by atoms with van der Waals surface area (Å²) in [5.41, 5.74) is -0.0708. The maximum atomic E-state index is 12.2. The summed E-state index contributed by atoms with van der Waals surface area (Å²) in [5, 5.41) is 5.86. The molecule has 0 saturated heterocycles. The first-order chi connectivity index (χ1) is 9.49. The Morgan fingerprint density at radius 1 is 1.05 bits per heavy atom. The third-order valence-corrected chi connectivity index (χ3v) is 5.61. The monoisotopic (exact) mass is 278 g/mol. The Morgan fingerprint density at radius 3 is 2.00 bits per heavy atom. The van der Waals surface area contributed by atoms with Gasteiger partial charge in [-0.1, -0.05) is 6.92 Å². The van der Waals surface area contributed by atoms with Crippen molar-refractivity contribution in [1.29, 1.82) is 0 Å². The Labute approximate surface area is 121 Å². The minimum Gasteiger partial charge on any atom is -0.345 e. The molecule has 4 bridgehead atoms. The topological polar surface area (TPSA) is 58.2 Å². The summed E-state index contributed by atoms with van der Waals surface area (Å²) in [5.74, 6) is 1.44. The van der Waals surface area contributed by atoms with E-state index in [4.69, 9.17) is 0 Å². The van der Waals surface area contributed by atoms with Crippen LogP contribution < -0.4 is 10.6 Å². The predicted octanol–water partition coefficient (Wildman–Crippen LogP) is 1.99. The molecule has 4 fully saturated rings. The van der Waals surface area contributed by atoms with Gasteiger partial charge in [-0.05, 0) is 69.6 Å². The molecule has 4 aliphatic rings. The van der Waals surface area contributed by atoms with Crippen LogP contribution in [0.1, 0.15) is 58.8 Å². The molecule has 0 radical (unpaired) electrons. The van der Waals surface area contributed by atoms with Crippen LogP contribution >= 0.6 is 0 Å². The van der Waals surface area contributed by atoms with E-state index >= 15 is 0 Å². The van der Waals surface area contributed by atoms with Gasteiger partial charge in [-0.25, -0.2) is 0 Å². The molecule has 4 saturated carbocycles. The number of amides is 2. The van der Waals surface area contributed by atoms with Crippen molar-refractivity contribution in [1.82, 2.24) is 10.6 Å². The van der Waals surface area contributed by atoms with Crippen molar-refractivity contribution in [2.24, 2.45) is 17.8 Å². The second kappa shape index (κ2) is 5.05. The summed E-state index contributed by atoms with van der Waals surface area (Å²) in [7, 11) is 0. The lowest BCUT2D eigenvalue weighted by Gasteiger charge is -2.56. The zero-order valence-corrected chi connectivity index (χ0v) is 12.6. The first-order valence-corrected chi connectivity index (χ1v) is 8.12. The van der Waals surface area contributed by atoms with Crippen LogP contribution in [0.5, 0.6) is 0 Å². The van der Waals surface area contributed by atoms with Crippen LogP contribution in [-0.2, 0) is 9.59 Å². The largest absolute Gasteiger partial charge is 0.345 e. The highest BCUT2D eigenvalue weighted by atomic mass is 16.2. The van der Waals surface area contributed by atoms with Crippen LogP contribution in [0.4, 0.5) is 0 Å². The van der Waals surface area contributed by atoms with E-state index < -0.39 is 11.8 Å². The Kier molecular flexibility index (Phi) is 3.51. The molecule has 0 aromatic carbocycles. The lowest BCUT2D eigenvalue weighted by molar-refractivity contribution is -0.143. The van der Waals surface area contributed by atoms with E-state index in [0.717, 1.165) is 43.4 Å². The van der Waals surface area contributed by atoms with Crippen molar-refractivity contribution in [2.75, 3.05) is 0 Å². The van der Waals surface area contributed by atoms with Gasteiger partial charge in [-0.3, -0.25) is 9.59 Å². The Bertz CT molecular complexity index is 383. The molecule has 2 N–H and O–H groups in total. The standard InChI is InChI=1S/C16H26N2O2/c1-3-10(2)17-14(19)15(20)18-16-7-11-4-12(8-16)6-13(5-11)9-16/h10-13H,3-9H2,1-2H3,(H,17,19)(H,18,20). The second-order valence-corrected chi connectivity index (χ2v) is 7.43. The van der Waals surface area contributed by atoms with Gasteiger partial charge in [0.2, 0.25) is 0 Å². The van der Waals surface area contributed by atoms with Gasteiger partial charge in [0.05, 0.1) is 0 Å². The van der Waals surface area contributed by atoms with E-state index in [1.165, 1.54) is 19.3 Å². The number of hydrogen-bond acceptors (Lipinski definition) is 2. The van der Waals surface area contributed by atoms with E-state index in [-0.39, 0.29) is 11.6 Å². The summed E-state index contributed by atoms with van der Waals surface area (Å²) < 4.78 is 0. The van der Waals surface area contributed by atoms with E-state index in [1.54, 1.807) is 0 Å². The fraction of sp³-hybridized carbons (Fsp3) is 0.875. The molecule has 0 aromatic rings. The molecule has 0 heterocycles. The second-order valence-electron chi connectivity index (χ2n) is 7.43. The summed E-state index contributed by atoms with van der Waals surface area (Å²) in [6, 6.07) is 0.0598. The van der Waals surface area contributed by atoms with Crippen LogP contribution in [-0.4, -0.2) is 23.4 Å². The molecule has 0 spiro atoms. The van der Waals surface area contributed by atoms with E-state index in [2.05, 4.69) is 10.6 Å². The van der Waals surface area contributed by atoms with Crippen LogP contribution in [0.25, 0.3) is 0 Å². The van der Waals surface area contributed by atoms with E-state index in [9.17, 15) is 9.59 Å². The first-order valence-electron chi connectivity index (χ1n) is 8.12. The predicted molar refractivity (Wildman–Crippen MR) is 76.9 cm³/mol. The SMILES string of the molecule is CCC(C)NC(=O)C(=O)NC12CC3CC(CC(C3)C1)C2. The summed E-state index contributed by atoms with van der Waals surface area (Å²) in [4.78, 5) is 24.1. The van der Waals surface area contributed by atoms with Crippen molar-refractivity contribution in [3.63, 3.8) is 0 Å². The average Bonchev–Trinajstić information content (AvgIpc) is 2.36. The molecule has 4 heteroatoms. The van der Waals surface area contributed by atoms with Crippen molar-refractivity contribution >= 4 is 11.8 Å². The Hall–Kier alpha value is -1.06. The molecule has 0 aromatic heterocycles. The van der Waals surface area contributed by atoms with Gasteiger partial charge in [0, 0.05) is 11.6 Å². The van der Waals surface area contributed by atoms with Crippen molar-refractivity contribution in [3.8, 4) is 0 Å². The van der Waals surface area contributed by atoms with Gasteiger partial charge in [-0.2, -0.15) is 0 Å². The zero-order valence-electron chi connectivity index (χ0n) is 12.6. The van der Waals surface area contributed by atoms with Crippen molar-refractivity contribution in [2.45, 2.75) is 70.4 Å². The minimum absolute atomic E-state index is 0.0598. The summed E-state index contributed by atoms with van der Waals surface area (Å²) in [6.45, 7) is 3.93. The van der Waals surface area contributed by atoms with Gasteiger partial charge in [0.15, 0.2) is 0 Å². The normalized spacial score (nSPS) is 39.4. The molecule has 1 atom stereocenters. The summed E-state index contributed by atoms with van der Waals surface area (Å²) >= 11 is 0. The first kappa shape index (κ1) is 13.9. The molecule has 0 aliphatic heterocycles. The maximum Gasteiger partial charge on any atom is 0.309 e. The van der Waals surface area contributed by atoms with Gasteiger partial charge in [-0.15, -0.1) is 0 Å². The number of hydrogen-bond donors (Lipinski definition) is 2. The molecule has 1 unspecified atom stereocenters. The maximum absolute atomic E-state index is 12.2. The number of nitrogens with one attached hydrogen (secondary N) is 2. The number of carbonyl (C=O) groups excluding carboxylic acids is 2.